The van der Waals surface area contributed by atoms with Gasteiger partial charge < -0.3 is 15.0 Å². The second-order valence-electron chi connectivity index (χ2n) is 6.58. The van der Waals surface area contributed by atoms with Gasteiger partial charge in [-0.25, -0.2) is 0 Å². The number of esters is 1. The fourth-order valence-electron chi connectivity index (χ4n) is 3.45. The molecule has 0 bridgehead atoms. The summed E-state index contributed by atoms with van der Waals surface area (Å²) in [4.78, 5) is 37.9. The Labute approximate surface area is 152 Å². The number of nitrogens with one attached hydrogen (secondary N) is 1. The van der Waals surface area contributed by atoms with Gasteiger partial charge in [-0.15, -0.1) is 0 Å². The van der Waals surface area contributed by atoms with Gasteiger partial charge in [-0.3, -0.25) is 14.4 Å². The number of carbonyl (C=O) groups excluding carboxylic acids is 1. The lowest BCUT2D eigenvalue weighted by Gasteiger charge is -2.34. The van der Waals surface area contributed by atoms with Crippen molar-refractivity contribution in [2.75, 3.05) is 36.5 Å². The minimum Gasteiger partial charge on any atom is -0.466 e. The van der Waals surface area contributed by atoms with Crippen molar-refractivity contribution in [1.82, 2.24) is 0 Å². The van der Waals surface area contributed by atoms with Gasteiger partial charge in [-0.1, -0.05) is 30.3 Å². The van der Waals surface area contributed by atoms with E-state index in [2.05, 4.69) is 5.32 Å². The van der Waals surface area contributed by atoms with E-state index >= 15 is 0 Å². The summed E-state index contributed by atoms with van der Waals surface area (Å²) in [7, 11) is 0. The summed E-state index contributed by atoms with van der Waals surface area (Å²) in [6.07, 6.45) is 2.32. The summed E-state index contributed by atoms with van der Waals surface area (Å²) in [5.74, 6) is -0.472. The molecule has 1 atom stereocenters. The van der Waals surface area contributed by atoms with Crippen molar-refractivity contribution in [1.29, 1.82) is 0 Å². The molecule has 2 aromatic carbocycles. The van der Waals surface area contributed by atoms with Crippen LogP contribution in [-0.2, 0) is 16.0 Å². The van der Waals surface area contributed by atoms with E-state index in [9.17, 15) is 14.4 Å². The van der Waals surface area contributed by atoms with Crippen LogP contribution < -0.4 is 21.1 Å². The van der Waals surface area contributed by atoms with Gasteiger partial charge in [0, 0.05) is 19.6 Å². The number of hydrogen-bond acceptors (Lipinski definition) is 6. The third kappa shape index (κ3) is 3.79. The SMILES string of the molecule is CCOC(=O)[C@@H]1CCCN(c2c(NCCc3ccccc3)c(=O)c2=O)C1. The van der Waals surface area contributed by atoms with Gasteiger partial charge in [0.15, 0.2) is 0 Å². The molecule has 6 nitrogen and oxygen atoms in total. The third-order valence-electron chi connectivity index (χ3n) is 4.80. The van der Waals surface area contributed by atoms with E-state index < -0.39 is 10.9 Å². The maximum Gasteiger partial charge on any atom is 0.310 e. The molecule has 0 spiro atoms. The predicted molar refractivity (Wildman–Crippen MR) is 102 cm³/mol. The van der Waals surface area contributed by atoms with Crippen molar-refractivity contribution in [3.8, 4) is 0 Å². The van der Waals surface area contributed by atoms with Gasteiger partial charge in [0.1, 0.15) is 11.4 Å². The van der Waals surface area contributed by atoms with E-state index in [0.29, 0.717) is 37.6 Å². The van der Waals surface area contributed by atoms with E-state index in [1.165, 1.54) is 5.56 Å². The van der Waals surface area contributed by atoms with Crippen LogP contribution in [0.3, 0.4) is 0 Å². The molecule has 0 saturated carbocycles. The number of ether oxygens (including phenoxy) is 1. The van der Waals surface area contributed by atoms with Crippen LogP contribution in [0.4, 0.5) is 11.4 Å². The van der Waals surface area contributed by atoms with Crippen LogP contribution in [0.5, 0.6) is 0 Å². The van der Waals surface area contributed by atoms with Crippen LogP contribution in [0.15, 0.2) is 39.9 Å². The van der Waals surface area contributed by atoms with Crippen molar-refractivity contribution in [3.63, 3.8) is 0 Å². The molecule has 2 aromatic rings. The minimum atomic E-state index is -0.466. The van der Waals surface area contributed by atoms with E-state index in [1.807, 2.05) is 35.2 Å². The van der Waals surface area contributed by atoms with E-state index in [1.54, 1.807) is 6.92 Å². The smallest absolute Gasteiger partial charge is 0.310 e. The highest BCUT2D eigenvalue weighted by molar-refractivity contribution is 5.78. The molecule has 0 amide bonds. The summed E-state index contributed by atoms with van der Waals surface area (Å²) < 4.78 is 5.10. The lowest BCUT2D eigenvalue weighted by Crippen LogP contribution is -2.47. The highest BCUT2D eigenvalue weighted by Crippen LogP contribution is 2.27. The maximum atomic E-state index is 12.1. The molecule has 138 valence electrons. The van der Waals surface area contributed by atoms with Crippen LogP contribution in [0.2, 0.25) is 0 Å². The van der Waals surface area contributed by atoms with Gasteiger partial charge in [0.2, 0.25) is 0 Å². The zero-order valence-electron chi connectivity index (χ0n) is 15.0. The van der Waals surface area contributed by atoms with E-state index in [-0.39, 0.29) is 11.9 Å². The first-order valence-electron chi connectivity index (χ1n) is 9.14. The molecule has 0 unspecified atom stereocenters. The van der Waals surface area contributed by atoms with Crippen LogP contribution in [-0.4, -0.2) is 32.2 Å². The van der Waals surface area contributed by atoms with Crippen molar-refractivity contribution in [2.45, 2.75) is 26.2 Å². The molecular weight excluding hydrogens is 332 g/mol. The Balaban J connectivity index is 1.65. The van der Waals surface area contributed by atoms with Gasteiger partial charge in [-0.05, 0) is 31.7 Å². The number of carbonyl (C=O) groups is 1. The quantitative estimate of drug-likeness (QED) is 0.601. The van der Waals surface area contributed by atoms with Crippen molar-refractivity contribution >= 4 is 17.3 Å². The summed E-state index contributed by atoms with van der Waals surface area (Å²) in [6, 6.07) is 9.96. The Bertz CT molecular complexity index is 824. The Hall–Kier alpha value is -2.63. The number of hydrogen-bond donors (Lipinski definition) is 1. The number of anilines is 2. The summed E-state index contributed by atoms with van der Waals surface area (Å²) in [6.45, 7) is 3.81. The Morgan fingerprint density at radius 3 is 2.73 bits per heavy atom. The molecular formula is C20H24N2O4. The van der Waals surface area contributed by atoms with E-state index in [0.717, 1.165) is 19.3 Å². The monoisotopic (exact) mass is 356 g/mol. The average molecular weight is 356 g/mol. The molecule has 0 radical (unpaired) electrons. The Morgan fingerprint density at radius 2 is 2.00 bits per heavy atom. The first-order valence-corrected chi connectivity index (χ1v) is 9.14. The standard InChI is InChI=1S/C20H24N2O4/c1-2-26-20(25)15-9-6-12-22(13-15)17-16(18(23)19(17)24)21-11-10-14-7-4-3-5-8-14/h3-5,7-8,15,21H,2,6,9-13H2,1H3/t15-/m1/s1. The van der Waals surface area contributed by atoms with Gasteiger partial charge in [0.25, 0.3) is 10.9 Å². The summed E-state index contributed by atoms with van der Waals surface area (Å²) in [5.41, 5.74) is 1.05. The highest BCUT2D eigenvalue weighted by Gasteiger charge is 2.32. The molecule has 1 fully saturated rings. The van der Waals surface area contributed by atoms with Gasteiger partial charge in [-0.2, -0.15) is 0 Å². The second-order valence-corrected chi connectivity index (χ2v) is 6.58. The van der Waals surface area contributed by atoms with Gasteiger partial charge >= 0.3 is 5.97 Å². The lowest BCUT2D eigenvalue weighted by molar-refractivity contribution is -0.148. The molecule has 1 aliphatic rings. The van der Waals surface area contributed by atoms with Crippen LogP contribution in [0.1, 0.15) is 25.3 Å². The molecule has 6 heteroatoms. The molecule has 1 saturated heterocycles. The molecule has 1 N–H and O–H groups in total. The predicted octanol–water partition coefficient (Wildman–Crippen LogP) is 1.72. The minimum absolute atomic E-state index is 0.227. The molecule has 3 rings (SSSR count). The zero-order valence-corrected chi connectivity index (χ0v) is 15.0. The molecule has 26 heavy (non-hydrogen) atoms. The Kier molecular flexibility index (Phi) is 5.71. The van der Waals surface area contributed by atoms with Crippen molar-refractivity contribution in [2.24, 2.45) is 5.92 Å². The fraction of sp³-hybridized carbons (Fsp3) is 0.450. The average Bonchev–Trinajstić information content (AvgIpc) is 2.68. The highest BCUT2D eigenvalue weighted by atomic mass is 16.5. The van der Waals surface area contributed by atoms with Crippen LogP contribution in [0, 0.1) is 5.92 Å². The zero-order chi connectivity index (χ0) is 18.5. The van der Waals surface area contributed by atoms with Crippen LogP contribution >= 0.6 is 0 Å². The fourth-order valence-corrected chi connectivity index (χ4v) is 3.45. The summed E-state index contributed by atoms with van der Waals surface area (Å²) in [5, 5.41) is 3.12. The molecule has 1 aliphatic heterocycles. The van der Waals surface area contributed by atoms with Crippen LogP contribution in [0.25, 0.3) is 0 Å². The summed E-state index contributed by atoms with van der Waals surface area (Å²) >= 11 is 0. The largest absolute Gasteiger partial charge is 0.466 e. The number of piperidine rings is 1. The molecule has 1 heterocycles. The third-order valence-corrected chi connectivity index (χ3v) is 4.80. The number of nitrogens with zero attached hydrogens (tertiary/aromatic N) is 1. The second kappa shape index (κ2) is 8.17. The number of benzene rings is 1. The van der Waals surface area contributed by atoms with Crippen molar-refractivity contribution in [3.05, 3.63) is 56.3 Å². The van der Waals surface area contributed by atoms with E-state index in [4.69, 9.17) is 4.74 Å². The molecule has 0 aliphatic carbocycles. The first-order chi connectivity index (χ1) is 12.6. The maximum absolute atomic E-state index is 12.1. The number of rotatable bonds is 7. The Morgan fingerprint density at radius 1 is 1.23 bits per heavy atom. The lowest BCUT2D eigenvalue weighted by atomic mass is 9.96. The van der Waals surface area contributed by atoms with Crippen molar-refractivity contribution < 1.29 is 9.53 Å². The first kappa shape index (κ1) is 18.2. The van der Waals surface area contributed by atoms with Gasteiger partial charge in [0.05, 0.1) is 12.5 Å². The topological polar surface area (TPSA) is 75.7 Å². The molecule has 0 aromatic heterocycles. The normalized spacial score (nSPS) is 17.3.